The second kappa shape index (κ2) is 4.18. The molecule has 0 saturated carbocycles. The summed E-state index contributed by atoms with van der Waals surface area (Å²) in [6, 6.07) is 0.0903. The molecule has 4 heteroatoms. The zero-order valence-electron chi connectivity index (χ0n) is 10.9. The Morgan fingerprint density at radius 1 is 1.29 bits per heavy atom. The predicted octanol–water partition coefficient (Wildman–Crippen LogP) is 1.62. The molecular formula is C13H20N2O2. The number of aryl methyl sites for hydroxylation is 2. The van der Waals surface area contributed by atoms with Crippen molar-refractivity contribution in [1.82, 2.24) is 4.90 Å². The number of nitrogens with two attached hydrogens (primary N) is 1. The van der Waals surface area contributed by atoms with Gasteiger partial charge in [0.25, 0.3) is 5.91 Å². The summed E-state index contributed by atoms with van der Waals surface area (Å²) in [6.07, 6.45) is 0. The fourth-order valence-electron chi connectivity index (χ4n) is 2.42. The maximum absolute atomic E-state index is 12.4. The molecule has 0 spiro atoms. The van der Waals surface area contributed by atoms with E-state index in [1.165, 1.54) is 0 Å². The van der Waals surface area contributed by atoms with Crippen LogP contribution in [0.5, 0.6) is 0 Å². The van der Waals surface area contributed by atoms with E-state index in [4.69, 9.17) is 10.2 Å². The highest BCUT2D eigenvalue weighted by Gasteiger charge is 2.32. The van der Waals surface area contributed by atoms with Crippen LogP contribution < -0.4 is 5.73 Å². The smallest absolute Gasteiger partial charge is 0.257 e. The fraction of sp³-hybridized carbons (Fsp3) is 0.615. The Morgan fingerprint density at radius 2 is 1.94 bits per heavy atom. The second-order valence-electron chi connectivity index (χ2n) is 5.07. The predicted molar refractivity (Wildman–Crippen MR) is 66.0 cm³/mol. The van der Waals surface area contributed by atoms with Crippen LogP contribution in [-0.2, 0) is 0 Å². The van der Waals surface area contributed by atoms with Gasteiger partial charge in [0.15, 0.2) is 0 Å². The quantitative estimate of drug-likeness (QED) is 0.806. The summed E-state index contributed by atoms with van der Waals surface area (Å²) in [4.78, 5) is 14.2. The topological polar surface area (TPSA) is 59.5 Å². The van der Waals surface area contributed by atoms with Crippen molar-refractivity contribution in [3.8, 4) is 0 Å². The highest BCUT2D eigenvalue weighted by molar-refractivity contribution is 5.97. The molecule has 2 atom stereocenters. The largest absolute Gasteiger partial charge is 0.466 e. The second-order valence-corrected chi connectivity index (χ2v) is 5.07. The Hall–Kier alpha value is -1.29. The van der Waals surface area contributed by atoms with Crippen LogP contribution >= 0.6 is 0 Å². The molecular weight excluding hydrogens is 216 g/mol. The Kier molecular flexibility index (Phi) is 3.00. The van der Waals surface area contributed by atoms with E-state index < -0.39 is 0 Å². The van der Waals surface area contributed by atoms with Crippen molar-refractivity contribution < 1.29 is 9.21 Å². The number of likely N-dealkylation sites (tertiary alicyclic amines) is 1. The minimum atomic E-state index is 0.0525. The van der Waals surface area contributed by atoms with Crippen molar-refractivity contribution in [2.24, 2.45) is 11.7 Å². The Bertz CT molecular complexity index is 441. The fourth-order valence-corrected chi connectivity index (χ4v) is 2.42. The number of hydrogen-bond donors (Lipinski definition) is 1. The van der Waals surface area contributed by atoms with Gasteiger partial charge in [0, 0.05) is 24.7 Å². The van der Waals surface area contributed by atoms with Gasteiger partial charge in [0.2, 0.25) is 0 Å². The average Bonchev–Trinajstić information content (AvgIpc) is 2.70. The van der Waals surface area contributed by atoms with E-state index >= 15 is 0 Å². The zero-order chi connectivity index (χ0) is 12.7. The lowest BCUT2D eigenvalue weighted by Gasteiger charge is -2.15. The molecule has 2 unspecified atom stereocenters. The number of amides is 1. The van der Waals surface area contributed by atoms with Crippen LogP contribution in [0.15, 0.2) is 4.42 Å². The molecule has 1 aliphatic heterocycles. The van der Waals surface area contributed by atoms with E-state index in [1.807, 2.05) is 25.7 Å². The molecule has 4 nitrogen and oxygen atoms in total. The molecule has 2 heterocycles. The maximum Gasteiger partial charge on any atom is 0.257 e. The van der Waals surface area contributed by atoms with E-state index in [1.54, 1.807) is 0 Å². The van der Waals surface area contributed by atoms with Gasteiger partial charge >= 0.3 is 0 Å². The van der Waals surface area contributed by atoms with Crippen LogP contribution in [0, 0.1) is 26.7 Å². The van der Waals surface area contributed by atoms with Crippen LogP contribution in [0.2, 0.25) is 0 Å². The molecule has 2 rings (SSSR count). The van der Waals surface area contributed by atoms with Gasteiger partial charge in [0.05, 0.1) is 5.56 Å². The summed E-state index contributed by atoms with van der Waals surface area (Å²) in [6.45, 7) is 9.12. The number of hydrogen-bond acceptors (Lipinski definition) is 3. The summed E-state index contributed by atoms with van der Waals surface area (Å²) >= 11 is 0. The van der Waals surface area contributed by atoms with Crippen LogP contribution in [0.25, 0.3) is 0 Å². The molecule has 0 bridgehead atoms. The third kappa shape index (κ3) is 1.97. The van der Waals surface area contributed by atoms with Crippen LogP contribution in [0.4, 0.5) is 0 Å². The Labute approximate surface area is 102 Å². The van der Waals surface area contributed by atoms with Gasteiger partial charge in [-0.05, 0) is 26.7 Å². The van der Waals surface area contributed by atoms with Crippen molar-refractivity contribution in [2.45, 2.75) is 33.7 Å². The van der Waals surface area contributed by atoms with Crippen LogP contribution in [0.1, 0.15) is 34.4 Å². The molecule has 2 N–H and O–H groups in total. The maximum atomic E-state index is 12.4. The van der Waals surface area contributed by atoms with E-state index in [0.29, 0.717) is 23.8 Å². The molecule has 1 aliphatic rings. The molecule has 0 aliphatic carbocycles. The molecule has 1 aromatic rings. The average molecular weight is 236 g/mol. The molecule has 0 aromatic carbocycles. The summed E-state index contributed by atoms with van der Waals surface area (Å²) < 4.78 is 5.50. The first-order valence-corrected chi connectivity index (χ1v) is 6.03. The molecule has 17 heavy (non-hydrogen) atoms. The van der Waals surface area contributed by atoms with Gasteiger partial charge < -0.3 is 15.1 Å². The highest BCUT2D eigenvalue weighted by atomic mass is 16.3. The van der Waals surface area contributed by atoms with Gasteiger partial charge in [-0.15, -0.1) is 0 Å². The monoisotopic (exact) mass is 236 g/mol. The van der Waals surface area contributed by atoms with Gasteiger partial charge in [-0.1, -0.05) is 6.92 Å². The van der Waals surface area contributed by atoms with Crippen LogP contribution in [-0.4, -0.2) is 29.9 Å². The normalized spacial score (nSPS) is 24.4. The number of rotatable bonds is 1. The number of carbonyl (C=O) groups excluding carboxylic acids is 1. The standard InChI is InChI=1S/C13H20N2O2/c1-7-5-15(6-11(7)14)13(16)12-8(2)9(3)17-10(12)4/h7,11H,5-6,14H2,1-4H3. The van der Waals surface area contributed by atoms with Gasteiger partial charge in [-0.3, -0.25) is 4.79 Å². The van der Waals surface area contributed by atoms with E-state index in [0.717, 1.165) is 17.9 Å². The van der Waals surface area contributed by atoms with Gasteiger partial charge in [0.1, 0.15) is 11.5 Å². The first-order chi connectivity index (χ1) is 7.91. The number of carbonyl (C=O) groups is 1. The third-order valence-electron chi connectivity index (χ3n) is 3.73. The molecule has 94 valence electrons. The molecule has 1 fully saturated rings. The van der Waals surface area contributed by atoms with E-state index in [2.05, 4.69) is 6.92 Å². The summed E-state index contributed by atoms with van der Waals surface area (Å²) in [5, 5.41) is 0. The van der Waals surface area contributed by atoms with Crippen molar-refractivity contribution in [3.63, 3.8) is 0 Å². The van der Waals surface area contributed by atoms with Crippen molar-refractivity contribution in [1.29, 1.82) is 0 Å². The third-order valence-corrected chi connectivity index (χ3v) is 3.73. The lowest BCUT2D eigenvalue weighted by Crippen LogP contribution is -2.32. The molecule has 1 amide bonds. The lowest BCUT2D eigenvalue weighted by atomic mass is 10.1. The number of nitrogens with zero attached hydrogens (tertiary/aromatic N) is 1. The van der Waals surface area contributed by atoms with Crippen LogP contribution in [0.3, 0.4) is 0 Å². The summed E-state index contributed by atoms with van der Waals surface area (Å²) in [5.74, 6) is 1.95. The first-order valence-electron chi connectivity index (χ1n) is 6.03. The SMILES string of the molecule is Cc1oc(C)c(C(=O)N2CC(C)C(N)C2)c1C. The van der Waals surface area contributed by atoms with Crippen molar-refractivity contribution in [3.05, 3.63) is 22.6 Å². The zero-order valence-corrected chi connectivity index (χ0v) is 10.9. The van der Waals surface area contributed by atoms with E-state index in [9.17, 15) is 4.79 Å². The van der Waals surface area contributed by atoms with Crippen molar-refractivity contribution in [2.75, 3.05) is 13.1 Å². The minimum absolute atomic E-state index is 0.0525. The van der Waals surface area contributed by atoms with E-state index in [-0.39, 0.29) is 11.9 Å². The first kappa shape index (κ1) is 12.2. The molecule has 1 aromatic heterocycles. The molecule has 0 radical (unpaired) electrons. The lowest BCUT2D eigenvalue weighted by molar-refractivity contribution is 0.0784. The Balaban J connectivity index is 2.26. The highest BCUT2D eigenvalue weighted by Crippen LogP contribution is 2.25. The Morgan fingerprint density at radius 3 is 2.35 bits per heavy atom. The minimum Gasteiger partial charge on any atom is -0.466 e. The number of furan rings is 1. The van der Waals surface area contributed by atoms with Crippen molar-refractivity contribution >= 4 is 5.91 Å². The van der Waals surface area contributed by atoms with Gasteiger partial charge in [-0.2, -0.15) is 0 Å². The van der Waals surface area contributed by atoms with Gasteiger partial charge in [-0.25, -0.2) is 0 Å². The summed E-state index contributed by atoms with van der Waals surface area (Å²) in [7, 11) is 0. The summed E-state index contributed by atoms with van der Waals surface area (Å²) in [5.41, 5.74) is 7.61. The molecule has 1 saturated heterocycles.